The number of nitrogens with zero attached hydrogens (tertiary/aromatic N) is 5. The molecule has 8 nitrogen and oxygen atoms in total. The zero-order valence-electron chi connectivity index (χ0n) is 17.7. The van der Waals surface area contributed by atoms with Gasteiger partial charge in [-0.25, -0.2) is 4.98 Å². The zero-order chi connectivity index (χ0) is 20.8. The number of hydrogen-bond acceptors (Lipinski definition) is 6. The monoisotopic (exact) mass is 396 g/mol. The van der Waals surface area contributed by atoms with Gasteiger partial charge < -0.3 is 14.7 Å². The van der Waals surface area contributed by atoms with Gasteiger partial charge in [-0.2, -0.15) is 0 Å². The van der Waals surface area contributed by atoms with E-state index in [-0.39, 0.29) is 17.4 Å². The highest BCUT2D eigenvalue weighted by Crippen LogP contribution is 2.35. The third-order valence-corrected chi connectivity index (χ3v) is 5.37. The Balaban J connectivity index is 1.56. The van der Waals surface area contributed by atoms with Crippen LogP contribution in [0.5, 0.6) is 0 Å². The molecule has 4 heterocycles. The third kappa shape index (κ3) is 3.71. The summed E-state index contributed by atoms with van der Waals surface area (Å²) in [6.07, 6.45) is 7.23. The molecule has 1 aliphatic heterocycles. The average molecular weight is 396 g/mol. The molecule has 0 aromatic carbocycles. The summed E-state index contributed by atoms with van der Waals surface area (Å²) < 4.78 is 7.23. The maximum Gasteiger partial charge on any atom is 0.259 e. The fourth-order valence-corrected chi connectivity index (χ4v) is 3.99. The van der Waals surface area contributed by atoms with Crippen LogP contribution in [0, 0.1) is 13.8 Å². The molecule has 1 fully saturated rings. The van der Waals surface area contributed by atoms with Crippen molar-refractivity contribution in [1.29, 1.82) is 0 Å². The summed E-state index contributed by atoms with van der Waals surface area (Å²) in [6.45, 7) is 11.4. The van der Waals surface area contributed by atoms with Crippen LogP contribution in [0.25, 0.3) is 5.65 Å². The molecule has 8 heteroatoms. The van der Waals surface area contributed by atoms with Crippen molar-refractivity contribution in [2.24, 2.45) is 0 Å². The first-order valence-corrected chi connectivity index (χ1v) is 10.1. The van der Waals surface area contributed by atoms with Crippen LogP contribution >= 0.6 is 0 Å². The summed E-state index contributed by atoms with van der Waals surface area (Å²) in [5, 5.41) is 7.53. The Hall–Kier alpha value is -2.90. The van der Waals surface area contributed by atoms with Gasteiger partial charge in [0.15, 0.2) is 5.65 Å². The van der Waals surface area contributed by atoms with E-state index in [1.807, 2.05) is 18.0 Å². The Bertz CT molecular complexity index is 1020. The number of aryl methyl sites for hydroxylation is 2. The summed E-state index contributed by atoms with van der Waals surface area (Å²) in [7, 11) is 0. The summed E-state index contributed by atoms with van der Waals surface area (Å²) in [5.41, 5.74) is 3.05. The van der Waals surface area contributed by atoms with E-state index in [4.69, 9.17) is 9.51 Å². The molecule has 0 radical (unpaired) electrons. The van der Waals surface area contributed by atoms with Gasteiger partial charge in [0.2, 0.25) is 0 Å². The highest BCUT2D eigenvalue weighted by Gasteiger charge is 2.31. The minimum Gasteiger partial charge on any atom is -0.365 e. The largest absolute Gasteiger partial charge is 0.365 e. The number of fused-ring (bicyclic) bond motifs is 1. The van der Waals surface area contributed by atoms with Crippen molar-refractivity contribution in [2.45, 2.75) is 58.9 Å². The lowest BCUT2D eigenvalue weighted by Crippen LogP contribution is -2.38. The molecule has 1 N–H and O–H groups in total. The predicted molar refractivity (Wildman–Crippen MR) is 110 cm³/mol. The SMILES string of the molecule is Cc1noc(C)c1C(=O)N1CCC(c2nc3cnccn3c2NC(C)(C)C)CC1. The number of amides is 1. The predicted octanol–water partition coefficient (Wildman–Crippen LogP) is 3.56. The lowest BCUT2D eigenvalue weighted by molar-refractivity contribution is 0.0710. The minimum absolute atomic E-state index is 0.00643. The van der Waals surface area contributed by atoms with Crippen molar-refractivity contribution < 1.29 is 9.32 Å². The van der Waals surface area contributed by atoms with E-state index in [0.29, 0.717) is 30.1 Å². The maximum absolute atomic E-state index is 12.9. The lowest BCUT2D eigenvalue weighted by Gasteiger charge is -2.32. The molecule has 0 spiro atoms. The Morgan fingerprint density at radius 2 is 1.97 bits per heavy atom. The minimum atomic E-state index is -0.0893. The molecule has 0 aliphatic carbocycles. The molecular weight excluding hydrogens is 368 g/mol. The van der Waals surface area contributed by atoms with Crippen molar-refractivity contribution in [3.8, 4) is 0 Å². The van der Waals surface area contributed by atoms with E-state index in [2.05, 4.69) is 40.6 Å². The molecular formula is C21H28N6O2. The number of rotatable bonds is 3. The first-order valence-electron chi connectivity index (χ1n) is 10.1. The Morgan fingerprint density at radius 1 is 1.24 bits per heavy atom. The number of imidazole rings is 1. The first kappa shape index (κ1) is 19.4. The van der Waals surface area contributed by atoms with Crippen molar-refractivity contribution in [3.63, 3.8) is 0 Å². The summed E-state index contributed by atoms with van der Waals surface area (Å²) in [5.74, 6) is 1.89. The molecule has 0 bridgehead atoms. The lowest BCUT2D eigenvalue weighted by atomic mass is 9.92. The molecule has 1 aliphatic rings. The Kier molecular flexibility index (Phi) is 4.80. The van der Waals surface area contributed by atoms with Crippen LogP contribution in [0.1, 0.15) is 67.0 Å². The van der Waals surface area contributed by atoms with Gasteiger partial charge in [0.1, 0.15) is 17.1 Å². The Morgan fingerprint density at radius 3 is 2.59 bits per heavy atom. The second-order valence-electron chi connectivity index (χ2n) is 8.79. The van der Waals surface area contributed by atoms with Crippen LogP contribution in [0.3, 0.4) is 0 Å². The van der Waals surface area contributed by atoms with Crippen LogP contribution in [-0.4, -0.2) is 49.0 Å². The molecule has 0 unspecified atom stereocenters. The van der Waals surface area contributed by atoms with Gasteiger partial charge in [0.05, 0.1) is 17.6 Å². The molecule has 0 saturated carbocycles. The number of anilines is 1. The zero-order valence-corrected chi connectivity index (χ0v) is 17.7. The summed E-state index contributed by atoms with van der Waals surface area (Å²) >= 11 is 0. The number of carbonyl (C=O) groups excluding carboxylic acids is 1. The number of nitrogens with one attached hydrogen (secondary N) is 1. The van der Waals surface area contributed by atoms with Gasteiger partial charge in [0.25, 0.3) is 5.91 Å². The van der Waals surface area contributed by atoms with E-state index in [1.54, 1.807) is 19.3 Å². The number of carbonyl (C=O) groups is 1. The highest BCUT2D eigenvalue weighted by molar-refractivity contribution is 5.96. The molecule has 1 saturated heterocycles. The van der Waals surface area contributed by atoms with Crippen LogP contribution in [0.4, 0.5) is 5.82 Å². The van der Waals surface area contributed by atoms with Crippen molar-refractivity contribution in [1.82, 2.24) is 24.4 Å². The highest BCUT2D eigenvalue weighted by atomic mass is 16.5. The van der Waals surface area contributed by atoms with Crippen molar-refractivity contribution in [2.75, 3.05) is 18.4 Å². The van der Waals surface area contributed by atoms with Crippen LogP contribution in [0.2, 0.25) is 0 Å². The second kappa shape index (κ2) is 7.17. The van der Waals surface area contributed by atoms with Crippen molar-refractivity contribution in [3.05, 3.63) is 41.3 Å². The van der Waals surface area contributed by atoms with Gasteiger partial charge in [0, 0.05) is 36.9 Å². The standard InChI is InChI=1S/C21H28N6O2/c1-13-17(14(2)29-25-13)20(28)26-9-6-15(7-10-26)18-19(24-21(3,4)5)27-11-8-22-12-16(27)23-18/h8,11-12,15,24H,6-7,9-10H2,1-5H3. The topological polar surface area (TPSA) is 88.6 Å². The van der Waals surface area contributed by atoms with Crippen LogP contribution < -0.4 is 5.32 Å². The second-order valence-corrected chi connectivity index (χ2v) is 8.79. The molecule has 0 atom stereocenters. The molecule has 1 amide bonds. The molecule has 4 rings (SSSR count). The van der Waals surface area contributed by atoms with E-state index in [1.165, 1.54) is 0 Å². The van der Waals surface area contributed by atoms with Crippen LogP contribution in [-0.2, 0) is 0 Å². The van der Waals surface area contributed by atoms with Crippen molar-refractivity contribution >= 4 is 17.4 Å². The number of aromatic nitrogens is 4. The quantitative estimate of drug-likeness (QED) is 0.728. The third-order valence-electron chi connectivity index (χ3n) is 5.37. The number of likely N-dealkylation sites (tertiary alicyclic amines) is 1. The fourth-order valence-electron chi connectivity index (χ4n) is 3.99. The summed E-state index contributed by atoms with van der Waals surface area (Å²) in [6, 6.07) is 0. The number of piperidine rings is 1. The van der Waals surface area contributed by atoms with E-state index in [0.717, 1.165) is 30.0 Å². The van der Waals surface area contributed by atoms with Gasteiger partial charge in [-0.1, -0.05) is 5.16 Å². The van der Waals surface area contributed by atoms with Gasteiger partial charge >= 0.3 is 0 Å². The molecule has 29 heavy (non-hydrogen) atoms. The van der Waals surface area contributed by atoms with E-state index >= 15 is 0 Å². The molecule has 3 aromatic heterocycles. The van der Waals surface area contributed by atoms with E-state index in [9.17, 15) is 4.79 Å². The summed E-state index contributed by atoms with van der Waals surface area (Å²) in [4.78, 5) is 23.9. The first-order chi connectivity index (χ1) is 13.7. The number of hydrogen-bond donors (Lipinski definition) is 1. The maximum atomic E-state index is 12.9. The van der Waals surface area contributed by atoms with Gasteiger partial charge in [-0.05, 0) is 47.5 Å². The van der Waals surface area contributed by atoms with Gasteiger partial charge in [-0.3, -0.25) is 14.2 Å². The smallest absolute Gasteiger partial charge is 0.259 e. The van der Waals surface area contributed by atoms with Gasteiger partial charge in [-0.15, -0.1) is 0 Å². The Labute approximate surface area is 170 Å². The average Bonchev–Trinajstić information content (AvgIpc) is 3.20. The van der Waals surface area contributed by atoms with Crippen LogP contribution in [0.15, 0.2) is 23.1 Å². The normalized spacial score (nSPS) is 15.8. The molecule has 3 aromatic rings. The van der Waals surface area contributed by atoms with E-state index < -0.39 is 0 Å². The molecule has 154 valence electrons. The fraction of sp³-hybridized carbons (Fsp3) is 0.524.